The van der Waals surface area contributed by atoms with Gasteiger partial charge < -0.3 is 35.2 Å². The van der Waals surface area contributed by atoms with Gasteiger partial charge in [-0.05, 0) is 25.5 Å². The van der Waals surface area contributed by atoms with Crippen LogP contribution in [0.1, 0.15) is 29.6 Å². The van der Waals surface area contributed by atoms with E-state index in [-0.39, 0.29) is 18.4 Å². The third-order valence-corrected chi connectivity index (χ3v) is 5.34. The number of amides is 1. The fraction of sp³-hybridized carbons (Fsp3) is 0.650. The molecule has 8 nitrogen and oxygen atoms in total. The molecule has 0 unspecified atom stereocenters. The molecule has 28 heavy (non-hydrogen) atoms. The number of aliphatic hydroxyl groups excluding tert-OH is 2. The minimum atomic E-state index is -0.493. The molecular weight excluding hydrogens is 362 g/mol. The summed E-state index contributed by atoms with van der Waals surface area (Å²) in [4.78, 5) is 15.0. The number of nitrogens with zero attached hydrogens (tertiary/aromatic N) is 1. The summed E-state index contributed by atoms with van der Waals surface area (Å²) in [7, 11) is 1.79. The van der Waals surface area contributed by atoms with Crippen LogP contribution < -0.4 is 20.1 Å². The van der Waals surface area contributed by atoms with E-state index in [9.17, 15) is 9.90 Å². The summed E-state index contributed by atoms with van der Waals surface area (Å²) in [6.45, 7) is 3.86. The Morgan fingerprint density at radius 1 is 1.32 bits per heavy atom. The van der Waals surface area contributed by atoms with Crippen LogP contribution in [0.5, 0.6) is 11.5 Å². The van der Waals surface area contributed by atoms with Gasteiger partial charge in [-0.2, -0.15) is 0 Å². The minimum Gasteiger partial charge on any atom is -0.489 e. The van der Waals surface area contributed by atoms with E-state index in [1.165, 1.54) is 0 Å². The number of carbonyl (C=O) groups excluding carboxylic acids is 1. The molecule has 1 saturated heterocycles. The molecule has 0 radical (unpaired) electrons. The molecule has 0 saturated carbocycles. The van der Waals surface area contributed by atoms with Gasteiger partial charge in [-0.3, -0.25) is 4.79 Å². The van der Waals surface area contributed by atoms with Crippen molar-refractivity contribution >= 4 is 11.6 Å². The lowest BCUT2D eigenvalue weighted by Crippen LogP contribution is -2.47. The maximum absolute atomic E-state index is 12.9. The average molecular weight is 393 g/mol. The third kappa shape index (κ3) is 5.06. The molecule has 8 heteroatoms. The Labute approximate surface area is 165 Å². The average Bonchev–Trinajstić information content (AvgIpc) is 2.95. The molecular formula is C20H31N3O5. The van der Waals surface area contributed by atoms with Gasteiger partial charge in [0.1, 0.15) is 0 Å². The Morgan fingerprint density at radius 2 is 2.14 bits per heavy atom. The van der Waals surface area contributed by atoms with Crippen molar-refractivity contribution in [1.82, 2.24) is 10.2 Å². The van der Waals surface area contributed by atoms with Crippen LogP contribution in [0, 0.1) is 5.92 Å². The van der Waals surface area contributed by atoms with E-state index in [0.29, 0.717) is 49.8 Å². The molecule has 0 bridgehead atoms. The number of nitrogens with one attached hydrogen (secondary N) is 2. The van der Waals surface area contributed by atoms with E-state index in [4.69, 9.17) is 14.6 Å². The van der Waals surface area contributed by atoms with Gasteiger partial charge in [-0.1, -0.05) is 0 Å². The Bertz CT molecular complexity index is 669. The maximum atomic E-state index is 12.9. The highest BCUT2D eigenvalue weighted by Crippen LogP contribution is 2.36. The summed E-state index contributed by atoms with van der Waals surface area (Å²) >= 11 is 0. The number of hydrogen-bond donors (Lipinski definition) is 4. The SMILES string of the molecule is CNc1cc2c(c(C(=O)NC[C@@H]3CCN(CCCO)C[C@H]3O)c1)OCCCO2. The number of anilines is 1. The van der Waals surface area contributed by atoms with Crippen LogP contribution in [0.3, 0.4) is 0 Å². The standard InChI is InChI=1S/C20H31N3O5/c1-21-15-10-16(19-18(11-15)27-8-3-9-28-19)20(26)22-12-14-4-6-23(5-2-7-24)13-17(14)25/h10-11,14,17,21,24-25H,2-9,12-13H2,1H3,(H,22,26)/t14-,17+/m0/s1. The second-order valence-corrected chi connectivity index (χ2v) is 7.36. The highest BCUT2D eigenvalue weighted by atomic mass is 16.5. The molecule has 2 heterocycles. The monoisotopic (exact) mass is 393 g/mol. The first-order valence-corrected chi connectivity index (χ1v) is 10.0. The lowest BCUT2D eigenvalue weighted by atomic mass is 9.93. The first kappa shape index (κ1) is 20.7. The molecule has 1 fully saturated rings. The van der Waals surface area contributed by atoms with Crippen LogP contribution in [0.4, 0.5) is 5.69 Å². The highest BCUT2D eigenvalue weighted by molar-refractivity contribution is 5.99. The molecule has 0 aliphatic carbocycles. The highest BCUT2D eigenvalue weighted by Gasteiger charge is 2.28. The number of ether oxygens (including phenoxy) is 2. The van der Waals surface area contributed by atoms with Crippen LogP contribution in [-0.2, 0) is 0 Å². The van der Waals surface area contributed by atoms with Crippen molar-refractivity contribution in [3.8, 4) is 11.5 Å². The van der Waals surface area contributed by atoms with Crippen LogP contribution in [0.15, 0.2) is 12.1 Å². The van der Waals surface area contributed by atoms with Crippen LogP contribution in [-0.4, -0.2) is 80.2 Å². The van der Waals surface area contributed by atoms with E-state index in [0.717, 1.165) is 31.6 Å². The molecule has 1 aromatic rings. The van der Waals surface area contributed by atoms with Crippen LogP contribution >= 0.6 is 0 Å². The zero-order valence-electron chi connectivity index (χ0n) is 16.4. The Balaban J connectivity index is 1.62. The normalized spacial score (nSPS) is 22.4. The molecule has 2 aliphatic heterocycles. The minimum absolute atomic E-state index is 0.0116. The van der Waals surface area contributed by atoms with Gasteiger partial charge in [0.15, 0.2) is 11.5 Å². The summed E-state index contributed by atoms with van der Waals surface area (Å²) in [6, 6.07) is 3.60. The van der Waals surface area contributed by atoms with E-state index < -0.39 is 6.10 Å². The molecule has 0 spiro atoms. The zero-order valence-corrected chi connectivity index (χ0v) is 16.4. The van der Waals surface area contributed by atoms with Crippen LogP contribution in [0.2, 0.25) is 0 Å². The smallest absolute Gasteiger partial charge is 0.255 e. The Kier molecular flexibility index (Phi) is 7.36. The fourth-order valence-electron chi connectivity index (χ4n) is 3.69. The number of rotatable bonds is 7. The third-order valence-electron chi connectivity index (χ3n) is 5.34. The van der Waals surface area contributed by atoms with Gasteiger partial charge in [0.2, 0.25) is 0 Å². The molecule has 1 amide bonds. The van der Waals surface area contributed by atoms with E-state index >= 15 is 0 Å². The summed E-state index contributed by atoms with van der Waals surface area (Å²) < 4.78 is 11.5. The second-order valence-electron chi connectivity index (χ2n) is 7.36. The number of aliphatic hydroxyl groups is 2. The molecule has 156 valence electrons. The van der Waals surface area contributed by atoms with Gasteiger partial charge in [0.25, 0.3) is 5.91 Å². The maximum Gasteiger partial charge on any atom is 0.255 e. The molecule has 3 rings (SSSR count). The van der Waals surface area contributed by atoms with Crippen molar-refractivity contribution in [2.24, 2.45) is 5.92 Å². The topological polar surface area (TPSA) is 103 Å². The zero-order chi connectivity index (χ0) is 19.9. The van der Waals surface area contributed by atoms with Gasteiger partial charge in [-0.25, -0.2) is 0 Å². The van der Waals surface area contributed by atoms with Crippen molar-refractivity contribution in [3.05, 3.63) is 17.7 Å². The summed E-state index contributed by atoms with van der Waals surface area (Å²) in [5.41, 5.74) is 1.23. The largest absolute Gasteiger partial charge is 0.489 e. The summed E-state index contributed by atoms with van der Waals surface area (Å²) in [5.74, 6) is 0.839. The van der Waals surface area contributed by atoms with Crippen molar-refractivity contribution < 1.29 is 24.5 Å². The van der Waals surface area contributed by atoms with Gasteiger partial charge in [0, 0.05) is 57.4 Å². The van der Waals surface area contributed by atoms with Crippen molar-refractivity contribution in [1.29, 1.82) is 0 Å². The number of fused-ring (bicyclic) bond motifs is 1. The van der Waals surface area contributed by atoms with Crippen molar-refractivity contribution in [2.45, 2.75) is 25.4 Å². The number of β-amino-alcohol motifs (C(OH)–C–C–N with tert-alkyl or cyclic N) is 1. The first-order valence-electron chi connectivity index (χ1n) is 10.0. The second kappa shape index (κ2) is 9.95. The lowest BCUT2D eigenvalue weighted by molar-refractivity contribution is 0.0201. The predicted octanol–water partition coefficient (Wildman–Crippen LogP) is 0.685. The number of hydrogen-bond acceptors (Lipinski definition) is 7. The first-order chi connectivity index (χ1) is 13.6. The molecule has 4 N–H and O–H groups in total. The Morgan fingerprint density at radius 3 is 2.89 bits per heavy atom. The van der Waals surface area contributed by atoms with Gasteiger partial charge in [0.05, 0.1) is 24.9 Å². The summed E-state index contributed by atoms with van der Waals surface area (Å²) in [5, 5.41) is 25.4. The van der Waals surface area contributed by atoms with E-state index in [2.05, 4.69) is 15.5 Å². The quantitative estimate of drug-likeness (QED) is 0.540. The molecule has 2 atom stereocenters. The Hall–Kier alpha value is -2.03. The van der Waals surface area contributed by atoms with Crippen molar-refractivity contribution in [3.63, 3.8) is 0 Å². The fourth-order valence-corrected chi connectivity index (χ4v) is 3.69. The number of likely N-dealkylation sites (tertiary alicyclic amines) is 1. The number of piperidine rings is 1. The summed E-state index contributed by atoms with van der Waals surface area (Å²) in [6.07, 6.45) is 1.80. The molecule has 1 aromatic carbocycles. The molecule has 2 aliphatic rings. The van der Waals surface area contributed by atoms with Crippen molar-refractivity contribution in [2.75, 3.05) is 58.4 Å². The van der Waals surface area contributed by atoms with Gasteiger partial charge >= 0.3 is 0 Å². The predicted molar refractivity (Wildman–Crippen MR) is 106 cm³/mol. The van der Waals surface area contributed by atoms with E-state index in [1.807, 2.05) is 6.07 Å². The lowest BCUT2D eigenvalue weighted by Gasteiger charge is -2.36. The number of carbonyl (C=O) groups is 1. The van der Waals surface area contributed by atoms with Gasteiger partial charge in [-0.15, -0.1) is 0 Å². The number of benzene rings is 1. The van der Waals surface area contributed by atoms with E-state index in [1.54, 1.807) is 13.1 Å². The molecule has 0 aromatic heterocycles. The van der Waals surface area contributed by atoms with Crippen LogP contribution in [0.25, 0.3) is 0 Å².